The van der Waals surface area contributed by atoms with Gasteiger partial charge in [0, 0.05) is 25.7 Å². The molecule has 2 aliphatic rings. The highest BCUT2D eigenvalue weighted by Crippen LogP contribution is 2.38. The number of amides is 1. The maximum absolute atomic E-state index is 12.8. The Labute approximate surface area is 180 Å². The van der Waals surface area contributed by atoms with Crippen LogP contribution in [0.2, 0.25) is 0 Å². The van der Waals surface area contributed by atoms with E-state index in [0.29, 0.717) is 44.1 Å². The molecule has 3 heterocycles. The highest BCUT2D eigenvalue weighted by molar-refractivity contribution is 5.68. The number of nitrogens with zero attached hydrogens (tertiary/aromatic N) is 3. The number of aliphatic hydroxyl groups is 1. The summed E-state index contributed by atoms with van der Waals surface area (Å²) in [6, 6.07) is 11.7. The average Bonchev–Trinajstić information content (AvgIpc) is 3.31. The second-order valence-electron chi connectivity index (χ2n) is 7.83. The number of hydrogen-bond donors (Lipinski definition) is 1. The molecule has 5 rings (SSSR count). The Kier molecular flexibility index (Phi) is 5.25. The standard InChI is InChI=1S/C23H25N3O5/c1-15-18(14-27)26-8-4-7-19(22(26)24-15)30-21-17-6-3-2-5-16(17)13-20(21)31-23(28)25-9-11-29-12-10-25/h2-8,20-21,27H,9-14H2,1H3/t20-,21-/m1/s1. The van der Waals surface area contributed by atoms with Gasteiger partial charge in [0.15, 0.2) is 17.5 Å². The number of benzene rings is 1. The van der Waals surface area contributed by atoms with Gasteiger partial charge in [0.2, 0.25) is 0 Å². The molecule has 1 N–H and O–H groups in total. The molecular weight excluding hydrogens is 398 g/mol. The zero-order valence-electron chi connectivity index (χ0n) is 17.4. The van der Waals surface area contributed by atoms with Crippen molar-refractivity contribution in [3.63, 3.8) is 0 Å². The zero-order chi connectivity index (χ0) is 21.4. The predicted molar refractivity (Wildman–Crippen MR) is 112 cm³/mol. The third-order valence-corrected chi connectivity index (χ3v) is 5.96. The van der Waals surface area contributed by atoms with Gasteiger partial charge < -0.3 is 24.2 Å². The Morgan fingerprint density at radius 2 is 2.03 bits per heavy atom. The highest BCUT2D eigenvalue weighted by Gasteiger charge is 2.38. The summed E-state index contributed by atoms with van der Waals surface area (Å²) in [5.74, 6) is 0.583. The first-order valence-corrected chi connectivity index (χ1v) is 10.5. The lowest BCUT2D eigenvalue weighted by molar-refractivity contribution is -0.0135. The Bertz CT molecular complexity index is 1110. The molecule has 1 fully saturated rings. The van der Waals surface area contributed by atoms with E-state index in [0.717, 1.165) is 22.5 Å². The van der Waals surface area contributed by atoms with Crippen molar-refractivity contribution in [1.82, 2.24) is 14.3 Å². The summed E-state index contributed by atoms with van der Waals surface area (Å²) < 4.78 is 19.5. The number of ether oxygens (including phenoxy) is 3. The van der Waals surface area contributed by atoms with Crippen LogP contribution >= 0.6 is 0 Å². The Morgan fingerprint density at radius 3 is 2.84 bits per heavy atom. The molecule has 0 spiro atoms. The normalized spacial score (nSPS) is 20.6. The van der Waals surface area contributed by atoms with Crippen LogP contribution < -0.4 is 4.74 Å². The molecule has 8 heteroatoms. The van der Waals surface area contributed by atoms with Crippen LogP contribution in [0.15, 0.2) is 42.6 Å². The lowest BCUT2D eigenvalue weighted by Crippen LogP contribution is -2.43. The van der Waals surface area contributed by atoms with E-state index >= 15 is 0 Å². The predicted octanol–water partition coefficient (Wildman–Crippen LogP) is 2.65. The van der Waals surface area contributed by atoms with Gasteiger partial charge in [-0.3, -0.25) is 4.40 Å². The molecule has 8 nitrogen and oxygen atoms in total. The van der Waals surface area contributed by atoms with Gasteiger partial charge in [-0.25, -0.2) is 9.78 Å². The quantitative estimate of drug-likeness (QED) is 0.695. The fraction of sp³-hybridized carbons (Fsp3) is 0.391. The van der Waals surface area contributed by atoms with Crippen molar-refractivity contribution in [1.29, 1.82) is 0 Å². The fourth-order valence-corrected chi connectivity index (χ4v) is 4.34. The molecule has 2 atom stereocenters. The van der Waals surface area contributed by atoms with E-state index in [1.165, 1.54) is 0 Å². The number of aromatic nitrogens is 2. The van der Waals surface area contributed by atoms with E-state index < -0.39 is 12.2 Å². The first kappa shape index (κ1) is 19.8. The van der Waals surface area contributed by atoms with Crippen molar-refractivity contribution in [2.45, 2.75) is 32.2 Å². The summed E-state index contributed by atoms with van der Waals surface area (Å²) in [7, 11) is 0. The summed E-state index contributed by atoms with van der Waals surface area (Å²) in [6.07, 6.45) is 1.22. The number of imidazole rings is 1. The lowest BCUT2D eigenvalue weighted by atomic mass is 10.1. The van der Waals surface area contributed by atoms with Crippen LogP contribution in [0.5, 0.6) is 5.75 Å². The number of rotatable bonds is 4. The largest absolute Gasteiger partial charge is 0.478 e. The van der Waals surface area contributed by atoms with Gasteiger partial charge in [-0.2, -0.15) is 0 Å². The minimum atomic E-state index is -0.443. The number of morpholine rings is 1. The Morgan fingerprint density at radius 1 is 1.23 bits per heavy atom. The van der Waals surface area contributed by atoms with Crippen LogP contribution in [0.25, 0.3) is 5.65 Å². The third kappa shape index (κ3) is 3.62. The molecule has 1 aromatic carbocycles. The van der Waals surface area contributed by atoms with Crippen LogP contribution in [-0.2, 0) is 22.5 Å². The summed E-state index contributed by atoms with van der Waals surface area (Å²) in [4.78, 5) is 19.0. The maximum Gasteiger partial charge on any atom is 0.410 e. The minimum absolute atomic E-state index is 0.109. The van der Waals surface area contributed by atoms with Crippen LogP contribution in [-0.4, -0.2) is 57.9 Å². The molecule has 1 aliphatic carbocycles. The molecule has 1 saturated heterocycles. The molecule has 1 aliphatic heterocycles. The van der Waals surface area contributed by atoms with E-state index in [9.17, 15) is 9.90 Å². The molecule has 31 heavy (non-hydrogen) atoms. The minimum Gasteiger partial charge on any atom is -0.478 e. The fourth-order valence-electron chi connectivity index (χ4n) is 4.34. The Hall–Kier alpha value is -3.10. The van der Waals surface area contributed by atoms with Gasteiger partial charge in [0.1, 0.15) is 6.10 Å². The Balaban J connectivity index is 1.45. The molecule has 3 aromatic rings. The molecule has 0 bridgehead atoms. The van der Waals surface area contributed by atoms with Gasteiger partial charge in [-0.05, 0) is 30.2 Å². The summed E-state index contributed by atoms with van der Waals surface area (Å²) in [6.45, 7) is 3.85. The average molecular weight is 423 g/mol. The third-order valence-electron chi connectivity index (χ3n) is 5.96. The summed E-state index contributed by atoms with van der Waals surface area (Å²) >= 11 is 0. The second kappa shape index (κ2) is 8.20. The van der Waals surface area contributed by atoms with Crippen molar-refractivity contribution in [3.05, 3.63) is 65.1 Å². The molecule has 0 unspecified atom stereocenters. The van der Waals surface area contributed by atoms with Crippen LogP contribution in [0.1, 0.15) is 28.6 Å². The van der Waals surface area contributed by atoms with Gasteiger partial charge in [-0.15, -0.1) is 0 Å². The number of aliphatic hydroxyl groups excluding tert-OH is 1. The van der Waals surface area contributed by atoms with E-state index in [4.69, 9.17) is 14.2 Å². The van der Waals surface area contributed by atoms with Gasteiger partial charge >= 0.3 is 6.09 Å². The molecule has 0 saturated carbocycles. The molecule has 0 radical (unpaired) electrons. The lowest BCUT2D eigenvalue weighted by Gasteiger charge is -2.29. The molecule has 2 aromatic heterocycles. The van der Waals surface area contributed by atoms with Crippen molar-refractivity contribution in [3.8, 4) is 5.75 Å². The number of pyridine rings is 1. The van der Waals surface area contributed by atoms with Crippen molar-refractivity contribution >= 4 is 11.7 Å². The van der Waals surface area contributed by atoms with E-state index in [1.54, 1.807) is 4.90 Å². The SMILES string of the molecule is Cc1nc2c(O[C@@H]3c4ccccc4C[C@H]3OC(=O)N3CCOCC3)cccn2c1CO. The number of carbonyl (C=O) groups excluding carboxylic acids is 1. The zero-order valence-corrected chi connectivity index (χ0v) is 17.4. The molecule has 1 amide bonds. The van der Waals surface area contributed by atoms with Crippen LogP contribution in [0, 0.1) is 6.92 Å². The topological polar surface area (TPSA) is 85.5 Å². The van der Waals surface area contributed by atoms with Crippen LogP contribution in [0.3, 0.4) is 0 Å². The summed E-state index contributed by atoms with van der Waals surface area (Å²) in [5.41, 5.74) is 4.22. The van der Waals surface area contributed by atoms with E-state index in [-0.39, 0.29) is 12.7 Å². The van der Waals surface area contributed by atoms with Crippen molar-refractivity contribution in [2.24, 2.45) is 0 Å². The number of hydrogen-bond acceptors (Lipinski definition) is 6. The number of fused-ring (bicyclic) bond motifs is 2. The highest BCUT2D eigenvalue weighted by atomic mass is 16.6. The monoisotopic (exact) mass is 423 g/mol. The maximum atomic E-state index is 12.8. The number of carbonyl (C=O) groups is 1. The van der Waals surface area contributed by atoms with Gasteiger partial charge in [-0.1, -0.05) is 24.3 Å². The summed E-state index contributed by atoms with van der Waals surface area (Å²) in [5, 5.41) is 9.70. The molecule has 162 valence electrons. The van der Waals surface area contributed by atoms with Gasteiger partial charge in [0.25, 0.3) is 0 Å². The van der Waals surface area contributed by atoms with Crippen molar-refractivity contribution < 1.29 is 24.1 Å². The van der Waals surface area contributed by atoms with E-state index in [1.807, 2.05) is 53.9 Å². The molecular formula is C23H25N3O5. The first-order valence-electron chi connectivity index (χ1n) is 10.5. The smallest absolute Gasteiger partial charge is 0.410 e. The van der Waals surface area contributed by atoms with Crippen LogP contribution in [0.4, 0.5) is 4.79 Å². The second-order valence-corrected chi connectivity index (χ2v) is 7.83. The first-order chi connectivity index (χ1) is 15.2. The van der Waals surface area contributed by atoms with Gasteiger partial charge in [0.05, 0.1) is 31.2 Å². The van der Waals surface area contributed by atoms with E-state index in [2.05, 4.69) is 4.98 Å². The van der Waals surface area contributed by atoms with Crippen molar-refractivity contribution in [2.75, 3.05) is 26.3 Å². The number of aryl methyl sites for hydroxylation is 1.